The summed E-state index contributed by atoms with van der Waals surface area (Å²) in [6.45, 7) is 2.06. The highest BCUT2D eigenvalue weighted by atomic mass is 35.5. The monoisotopic (exact) mass is 430 g/mol. The molecule has 1 aromatic heterocycles. The molecule has 0 spiro atoms. The van der Waals surface area contributed by atoms with Crippen LogP contribution in [0.5, 0.6) is 0 Å². The number of rotatable bonds is 6. The summed E-state index contributed by atoms with van der Waals surface area (Å²) < 4.78 is 4.95. The molecule has 0 radical (unpaired) electrons. The highest BCUT2D eigenvalue weighted by molar-refractivity contribution is 6.40. The topological polar surface area (TPSA) is 93.2 Å². The van der Waals surface area contributed by atoms with E-state index < -0.39 is 5.91 Å². The van der Waals surface area contributed by atoms with Crippen molar-refractivity contribution in [1.29, 1.82) is 0 Å². The summed E-state index contributed by atoms with van der Waals surface area (Å²) in [5, 5.41) is 6.20. The van der Waals surface area contributed by atoms with E-state index in [1.54, 1.807) is 55.5 Å². The molecule has 0 unspecified atom stereocenters. The lowest BCUT2D eigenvalue weighted by Crippen LogP contribution is -2.14. The first-order chi connectivity index (χ1) is 14.0. The molecular formula is C20H16Cl2N4O3. The Labute approximate surface area is 177 Å². The number of ether oxygens (including phenoxy) is 1. The number of carbonyl (C=O) groups is 2. The Kier molecular flexibility index (Phi) is 6.64. The van der Waals surface area contributed by atoms with Gasteiger partial charge in [0.05, 0.1) is 27.8 Å². The average molecular weight is 431 g/mol. The predicted molar refractivity (Wildman–Crippen MR) is 112 cm³/mol. The van der Waals surface area contributed by atoms with Crippen molar-refractivity contribution < 1.29 is 14.3 Å². The molecule has 29 heavy (non-hydrogen) atoms. The largest absolute Gasteiger partial charge is 0.462 e. The molecule has 3 aromatic rings. The number of hydrogen-bond donors (Lipinski definition) is 2. The molecule has 9 heteroatoms. The molecule has 0 fully saturated rings. The van der Waals surface area contributed by atoms with E-state index >= 15 is 0 Å². The van der Waals surface area contributed by atoms with E-state index in [0.29, 0.717) is 23.7 Å². The molecule has 7 nitrogen and oxygen atoms in total. The first kappa shape index (κ1) is 20.6. The van der Waals surface area contributed by atoms with E-state index in [9.17, 15) is 9.59 Å². The van der Waals surface area contributed by atoms with E-state index in [2.05, 4.69) is 20.6 Å². The second-order valence-corrected chi connectivity index (χ2v) is 6.58. The molecule has 0 aliphatic carbocycles. The molecule has 1 heterocycles. The van der Waals surface area contributed by atoms with Gasteiger partial charge in [-0.3, -0.25) is 4.79 Å². The number of carbonyl (C=O) groups excluding carboxylic acids is 2. The molecular weight excluding hydrogens is 415 g/mol. The summed E-state index contributed by atoms with van der Waals surface area (Å²) >= 11 is 12.1. The lowest BCUT2D eigenvalue weighted by atomic mass is 10.2. The number of nitrogens with one attached hydrogen (secondary N) is 2. The number of amides is 1. The van der Waals surface area contributed by atoms with E-state index in [1.165, 1.54) is 6.33 Å². The third-order valence-electron chi connectivity index (χ3n) is 3.77. The van der Waals surface area contributed by atoms with E-state index in [1.807, 2.05) is 0 Å². The summed E-state index contributed by atoms with van der Waals surface area (Å²) in [7, 11) is 0. The third kappa shape index (κ3) is 5.22. The van der Waals surface area contributed by atoms with Crippen LogP contribution in [0.4, 0.5) is 17.3 Å². The molecule has 2 aromatic carbocycles. The van der Waals surface area contributed by atoms with Crippen LogP contribution in [0.15, 0.2) is 54.9 Å². The van der Waals surface area contributed by atoms with Crippen molar-refractivity contribution in [3.8, 4) is 0 Å². The average Bonchev–Trinajstić information content (AvgIpc) is 2.69. The van der Waals surface area contributed by atoms with Crippen molar-refractivity contribution in [3.63, 3.8) is 0 Å². The summed E-state index contributed by atoms with van der Waals surface area (Å²) in [6, 6.07) is 13.1. The summed E-state index contributed by atoms with van der Waals surface area (Å²) in [5.74, 6) is -0.149. The fourth-order valence-electron chi connectivity index (χ4n) is 2.44. The van der Waals surface area contributed by atoms with Gasteiger partial charge in [0.1, 0.15) is 18.0 Å². The SMILES string of the molecule is CCOC(=O)c1ccc(Nc2cc(NC(=O)c3c(Cl)cccc3Cl)ncn2)cc1. The molecule has 0 aliphatic heterocycles. The van der Waals surface area contributed by atoms with Gasteiger partial charge in [-0.1, -0.05) is 29.3 Å². The molecule has 0 bridgehead atoms. The van der Waals surface area contributed by atoms with Crippen LogP contribution in [-0.4, -0.2) is 28.5 Å². The summed E-state index contributed by atoms with van der Waals surface area (Å²) in [5.41, 5.74) is 1.31. The van der Waals surface area contributed by atoms with Gasteiger partial charge in [0.2, 0.25) is 0 Å². The van der Waals surface area contributed by atoms with Crippen LogP contribution in [0.1, 0.15) is 27.6 Å². The standard InChI is InChI=1S/C20H16Cl2N4O3/c1-2-29-20(28)12-6-8-13(9-7-12)25-16-10-17(24-11-23-16)26-19(27)18-14(21)4-3-5-15(18)22/h3-11H,2H2,1H3,(H2,23,24,25,26,27). The Morgan fingerprint density at radius 3 is 2.31 bits per heavy atom. The van der Waals surface area contributed by atoms with Crippen molar-refractivity contribution in [2.24, 2.45) is 0 Å². The number of anilines is 3. The fourth-order valence-corrected chi connectivity index (χ4v) is 3.01. The normalized spacial score (nSPS) is 10.3. The third-order valence-corrected chi connectivity index (χ3v) is 4.40. The van der Waals surface area contributed by atoms with E-state index in [-0.39, 0.29) is 27.4 Å². The number of halogens is 2. The van der Waals surface area contributed by atoms with Crippen LogP contribution in [-0.2, 0) is 4.74 Å². The van der Waals surface area contributed by atoms with Gasteiger partial charge in [-0.2, -0.15) is 0 Å². The minimum absolute atomic E-state index is 0.165. The molecule has 0 saturated heterocycles. The first-order valence-corrected chi connectivity index (χ1v) is 9.35. The number of nitrogens with zero attached hydrogens (tertiary/aromatic N) is 2. The van der Waals surface area contributed by atoms with Gasteiger partial charge < -0.3 is 15.4 Å². The molecule has 0 atom stereocenters. The van der Waals surface area contributed by atoms with Gasteiger partial charge in [0, 0.05) is 11.8 Å². The second kappa shape index (κ2) is 9.36. The Morgan fingerprint density at radius 2 is 1.66 bits per heavy atom. The minimum Gasteiger partial charge on any atom is -0.462 e. The van der Waals surface area contributed by atoms with Crippen molar-refractivity contribution in [3.05, 3.63) is 76.0 Å². The number of esters is 1. The van der Waals surface area contributed by atoms with Gasteiger partial charge in [-0.05, 0) is 43.3 Å². The quantitative estimate of drug-likeness (QED) is 0.536. The summed E-state index contributed by atoms with van der Waals surface area (Å²) in [6.07, 6.45) is 1.30. The molecule has 148 valence electrons. The van der Waals surface area contributed by atoms with Crippen molar-refractivity contribution in [1.82, 2.24) is 9.97 Å². The molecule has 2 N–H and O–H groups in total. The summed E-state index contributed by atoms with van der Waals surface area (Å²) in [4.78, 5) is 32.3. The van der Waals surface area contributed by atoms with Gasteiger partial charge in [0.25, 0.3) is 5.91 Å². The Bertz CT molecular complexity index is 1020. The fraction of sp³-hybridized carbons (Fsp3) is 0.100. The lowest BCUT2D eigenvalue weighted by molar-refractivity contribution is 0.0526. The lowest BCUT2D eigenvalue weighted by Gasteiger charge is -2.10. The van der Waals surface area contributed by atoms with Crippen LogP contribution in [0.3, 0.4) is 0 Å². The Balaban J connectivity index is 1.71. The van der Waals surface area contributed by atoms with Gasteiger partial charge in [-0.25, -0.2) is 14.8 Å². The Morgan fingerprint density at radius 1 is 1.00 bits per heavy atom. The van der Waals surface area contributed by atoms with Gasteiger partial charge in [0.15, 0.2) is 0 Å². The van der Waals surface area contributed by atoms with Crippen molar-refractivity contribution >= 4 is 52.4 Å². The van der Waals surface area contributed by atoms with Crippen molar-refractivity contribution in [2.45, 2.75) is 6.92 Å². The maximum absolute atomic E-state index is 12.5. The number of benzene rings is 2. The van der Waals surface area contributed by atoms with E-state index in [0.717, 1.165) is 0 Å². The smallest absolute Gasteiger partial charge is 0.338 e. The van der Waals surface area contributed by atoms with Crippen LogP contribution >= 0.6 is 23.2 Å². The van der Waals surface area contributed by atoms with Gasteiger partial charge >= 0.3 is 5.97 Å². The van der Waals surface area contributed by atoms with Crippen molar-refractivity contribution in [2.75, 3.05) is 17.2 Å². The molecule has 0 aliphatic rings. The zero-order valence-electron chi connectivity index (χ0n) is 15.3. The molecule has 3 rings (SSSR count). The van der Waals surface area contributed by atoms with Crippen LogP contribution in [0.2, 0.25) is 10.0 Å². The first-order valence-electron chi connectivity index (χ1n) is 8.59. The van der Waals surface area contributed by atoms with E-state index in [4.69, 9.17) is 27.9 Å². The Hall–Kier alpha value is -3.16. The maximum Gasteiger partial charge on any atom is 0.338 e. The number of hydrogen-bond acceptors (Lipinski definition) is 6. The van der Waals surface area contributed by atoms with Gasteiger partial charge in [-0.15, -0.1) is 0 Å². The molecule has 1 amide bonds. The second-order valence-electron chi connectivity index (χ2n) is 5.76. The van der Waals surface area contributed by atoms with Crippen LogP contribution in [0.25, 0.3) is 0 Å². The zero-order valence-corrected chi connectivity index (χ0v) is 16.8. The van der Waals surface area contributed by atoms with Crippen LogP contribution < -0.4 is 10.6 Å². The number of aromatic nitrogens is 2. The molecule has 0 saturated carbocycles. The predicted octanol–water partition coefficient (Wildman–Crippen LogP) is 4.96. The highest BCUT2D eigenvalue weighted by Crippen LogP contribution is 2.25. The maximum atomic E-state index is 12.5. The zero-order chi connectivity index (χ0) is 20.8. The van der Waals surface area contributed by atoms with Crippen LogP contribution in [0, 0.1) is 0 Å². The highest BCUT2D eigenvalue weighted by Gasteiger charge is 2.15. The minimum atomic E-state index is -0.482.